The van der Waals surface area contributed by atoms with Crippen LogP contribution in [0.25, 0.3) is 38.9 Å². The highest BCUT2D eigenvalue weighted by Gasteiger charge is 2.18. The van der Waals surface area contributed by atoms with Crippen molar-refractivity contribution >= 4 is 22.5 Å². The second-order valence-electron chi connectivity index (χ2n) is 5.97. The van der Waals surface area contributed by atoms with Gasteiger partial charge in [0.25, 0.3) is 0 Å². The lowest BCUT2D eigenvalue weighted by Gasteiger charge is -2.12. The fourth-order valence-electron chi connectivity index (χ4n) is 3.21. The second-order valence-corrected chi connectivity index (χ2v) is 5.97. The number of fused-ring (bicyclic) bond motifs is 2. The molecule has 0 saturated heterocycles. The van der Waals surface area contributed by atoms with Crippen LogP contribution in [0.4, 0.5) is 5.95 Å². The average molecular weight is 338 g/mol. The molecule has 5 rings (SSSR count). The third-order valence-electron chi connectivity index (χ3n) is 4.39. The van der Waals surface area contributed by atoms with E-state index in [1.165, 1.54) is 6.33 Å². The van der Waals surface area contributed by atoms with Gasteiger partial charge in [-0.2, -0.15) is 9.61 Å². The molecule has 0 aliphatic carbocycles. The quantitative estimate of drug-likeness (QED) is 0.532. The summed E-state index contributed by atoms with van der Waals surface area (Å²) in [4.78, 5) is 13.5. The summed E-state index contributed by atoms with van der Waals surface area (Å²) in [6.45, 7) is 0. The number of nitrogens with two attached hydrogens (primary N) is 1. The van der Waals surface area contributed by atoms with Crippen LogP contribution < -0.4 is 5.73 Å². The van der Waals surface area contributed by atoms with Crippen LogP contribution in [0.2, 0.25) is 0 Å². The molecule has 2 aromatic carbocycles. The number of hydrogen-bond acceptors (Lipinski definition) is 5. The first-order valence-electron chi connectivity index (χ1n) is 8.21. The van der Waals surface area contributed by atoms with Crippen molar-refractivity contribution in [2.24, 2.45) is 0 Å². The minimum absolute atomic E-state index is 0.308. The maximum atomic E-state index is 6.12. The van der Waals surface area contributed by atoms with Crippen LogP contribution in [0.15, 0.2) is 73.2 Å². The summed E-state index contributed by atoms with van der Waals surface area (Å²) in [6, 6.07) is 20.1. The Kier molecular flexibility index (Phi) is 3.15. The lowest BCUT2D eigenvalue weighted by molar-refractivity contribution is 0.942. The van der Waals surface area contributed by atoms with Crippen LogP contribution in [0.5, 0.6) is 0 Å². The van der Waals surface area contributed by atoms with Crippen molar-refractivity contribution < 1.29 is 0 Å². The normalized spacial score (nSPS) is 11.2. The fourth-order valence-corrected chi connectivity index (χ4v) is 3.21. The third kappa shape index (κ3) is 2.20. The zero-order valence-electron chi connectivity index (χ0n) is 13.7. The van der Waals surface area contributed by atoms with E-state index < -0.39 is 0 Å². The molecule has 0 bridgehead atoms. The number of pyridine rings is 1. The Morgan fingerprint density at radius 3 is 2.62 bits per heavy atom. The van der Waals surface area contributed by atoms with Crippen molar-refractivity contribution in [1.29, 1.82) is 0 Å². The standard InChI is InChI=1S/C20H14N6/c21-20-25-18(13-5-2-1-3-6-13)17(19-23-12-24-26(19)20)15-8-9-16-14(11-15)7-4-10-22-16/h1-12H,(H2,21,25). The molecule has 0 aliphatic heterocycles. The Balaban J connectivity index is 1.87. The van der Waals surface area contributed by atoms with E-state index in [-0.39, 0.29) is 0 Å². The van der Waals surface area contributed by atoms with Gasteiger partial charge in [-0.25, -0.2) is 9.97 Å². The summed E-state index contributed by atoms with van der Waals surface area (Å²) >= 11 is 0. The highest BCUT2D eigenvalue weighted by Crippen LogP contribution is 2.35. The number of aromatic nitrogens is 5. The minimum atomic E-state index is 0.308. The van der Waals surface area contributed by atoms with E-state index in [1.54, 1.807) is 10.7 Å². The zero-order chi connectivity index (χ0) is 17.5. The number of nitrogen functional groups attached to an aromatic ring is 1. The van der Waals surface area contributed by atoms with Gasteiger partial charge in [0.15, 0.2) is 5.65 Å². The fraction of sp³-hybridized carbons (Fsp3) is 0. The minimum Gasteiger partial charge on any atom is -0.368 e. The summed E-state index contributed by atoms with van der Waals surface area (Å²) in [5, 5.41) is 5.26. The maximum Gasteiger partial charge on any atom is 0.223 e. The number of rotatable bonds is 2. The van der Waals surface area contributed by atoms with Crippen LogP contribution in [-0.4, -0.2) is 24.6 Å². The summed E-state index contributed by atoms with van der Waals surface area (Å²) in [5.41, 5.74) is 11.4. The van der Waals surface area contributed by atoms with Crippen molar-refractivity contribution in [1.82, 2.24) is 24.6 Å². The van der Waals surface area contributed by atoms with Gasteiger partial charge >= 0.3 is 0 Å². The molecular formula is C20H14N6. The first kappa shape index (κ1) is 14.5. The largest absolute Gasteiger partial charge is 0.368 e. The SMILES string of the molecule is Nc1nc(-c2ccccc2)c(-c2ccc3ncccc3c2)c2ncnn12. The molecule has 0 aliphatic rings. The van der Waals surface area contributed by atoms with Gasteiger partial charge in [-0.3, -0.25) is 4.98 Å². The van der Waals surface area contributed by atoms with Gasteiger partial charge in [-0.05, 0) is 23.8 Å². The van der Waals surface area contributed by atoms with Gasteiger partial charge < -0.3 is 5.73 Å². The smallest absolute Gasteiger partial charge is 0.223 e. The molecule has 124 valence electrons. The molecule has 26 heavy (non-hydrogen) atoms. The number of hydrogen-bond donors (Lipinski definition) is 1. The molecule has 0 unspecified atom stereocenters. The third-order valence-corrected chi connectivity index (χ3v) is 4.39. The Bertz CT molecular complexity index is 1240. The second kappa shape index (κ2) is 5.63. The molecule has 6 nitrogen and oxygen atoms in total. The Labute approximate surface area is 149 Å². The number of nitrogens with zero attached hydrogens (tertiary/aromatic N) is 5. The molecule has 0 radical (unpaired) electrons. The van der Waals surface area contributed by atoms with Crippen molar-refractivity contribution in [3.63, 3.8) is 0 Å². The summed E-state index contributed by atoms with van der Waals surface area (Å²) < 4.78 is 1.56. The van der Waals surface area contributed by atoms with Crippen LogP contribution in [0.3, 0.4) is 0 Å². The monoisotopic (exact) mass is 338 g/mol. The van der Waals surface area contributed by atoms with Crippen molar-refractivity contribution in [3.05, 3.63) is 73.2 Å². The molecule has 0 spiro atoms. The van der Waals surface area contributed by atoms with E-state index >= 15 is 0 Å². The first-order chi connectivity index (χ1) is 12.8. The van der Waals surface area contributed by atoms with Gasteiger partial charge in [0.1, 0.15) is 6.33 Å². The zero-order valence-corrected chi connectivity index (χ0v) is 13.7. The van der Waals surface area contributed by atoms with Gasteiger partial charge in [0, 0.05) is 17.1 Å². The lowest BCUT2D eigenvalue weighted by Crippen LogP contribution is -2.05. The topological polar surface area (TPSA) is 82.0 Å². The molecule has 0 fully saturated rings. The lowest BCUT2D eigenvalue weighted by atomic mass is 9.98. The highest BCUT2D eigenvalue weighted by molar-refractivity contribution is 5.94. The molecule has 3 aromatic heterocycles. The first-order valence-corrected chi connectivity index (χ1v) is 8.21. The Hall–Kier alpha value is -3.80. The Morgan fingerprint density at radius 1 is 0.846 bits per heavy atom. The van der Waals surface area contributed by atoms with E-state index in [0.717, 1.165) is 33.3 Å². The number of anilines is 1. The van der Waals surface area contributed by atoms with Gasteiger partial charge in [0.2, 0.25) is 5.95 Å². The summed E-state index contributed by atoms with van der Waals surface area (Å²) in [6.07, 6.45) is 3.28. The van der Waals surface area contributed by atoms with Crippen LogP contribution in [-0.2, 0) is 0 Å². The summed E-state index contributed by atoms with van der Waals surface area (Å²) in [5.74, 6) is 0.308. The average Bonchev–Trinajstić information content (AvgIpc) is 3.18. The predicted molar refractivity (Wildman–Crippen MR) is 101 cm³/mol. The molecule has 0 amide bonds. The molecule has 2 N–H and O–H groups in total. The van der Waals surface area contributed by atoms with Crippen LogP contribution in [0, 0.1) is 0 Å². The molecule has 0 atom stereocenters. The van der Waals surface area contributed by atoms with Gasteiger partial charge in [0.05, 0.1) is 16.8 Å². The van der Waals surface area contributed by atoms with Crippen molar-refractivity contribution in [2.45, 2.75) is 0 Å². The summed E-state index contributed by atoms with van der Waals surface area (Å²) in [7, 11) is 0. The van der Waals surface area contributed by atoms with E-state index in [4.69, 9.17) is 5.73 Å². The highest BCUT2D eigenvalue weighted by atomic mass is 15.3. The van der Waals surface area contributed by atoms with E-state index in [2.05, 4.69) is 26.1 Å². The van der Waals surface area contributed by atoms with Gasteiger partial charge in [-0.1, -0.05) is 42.5 Å². The Morgan fingerprint density at radius 2 is 1.73 bits per heavy atom. The van der Waals surface area contributed by atoms with E-state index in [0.29, 0.717) is 11.6 Å². The van der Waals surface area contributed by atoms with Gasteiger partial charge in [-0.15, -0.1) is 0 Å². The van der Waals surface area contributed by atoms with E-state index in [1.807, 2.05) is 54.6 Å². The maximum absolute atomic E-state index is 6.12. The molecular weight excluding hydrogens is 324 g/mol. The van der Waals surface area contributed by atoms with Crippen molar-refractivity contribution in [3.8, 4) is 22.4 Å². The predicted octanol–water partition coefficient (Wildman–Crippen LogP) is 3.59. The molecule has 5 aromatic rings. The molecule has 0 saturated carbocycles. The number of benzene rings is 2. The molecule has 6 heteroatoms. The van der Waals surface area contributed by atoms with Crippen LogP contribution >= 0.6 is 0 Å². The van der Waals surface area contributed by atoms with Crippen molar-refractivity contribution in [2.75, 3.05) is 5.73 Å². The van der Waals surface area contributed by atoms with Crippen LogP contribution in [0.1, 0.15) is 0 Å². The van der Waals surface area contributed by atoms with E-state index in [9.17, 15) is 0 Å². The molecule has 3 heterocycles.